The average Bonchev–Trinajstić information content (AvgIpc) is 3.34. The summed E-state index contributed by atoms with van der Waals surface area (Å²) in [5.74, 6) is 1.13. The van der Waals surface area contributed by atoms with Crippen LogP contribution in [0.25, 0.3) is 0 Å². The van der Waals surface area contributed by atoms with Crippen molar-refractivity contribution >= 4 is 11.7 Å². The van der Waals surface area contributed by atoms with Crippen molar-refractivity contribution in [3.05, 3.63) is 54.0 Å². The first-order valence-electron chi connectivity index (χ1n) is 8.48. The number of ether oxygens (including phenoxy) is 1. The second-order valence-electron chi connectivity index (χ2n) is 6.70. The Morgan fingerprint density at radius 1 is 1.32 bits per heavy atom. The number of rotatable bonds is 8. The maximum atomic E-state index is 12.2. The molecule has 6 nitrogen and oxygen atoms in total. The summed E-state index contributed by atoms with van der Waals surface area (Å²) < 4.78 is 10.8. The summed E-state index contributed by atoms with van der Waals surface area (Å²) in [5.41, 5.74) is 1.08. The third kappa shape index (κ3) is 4.84. The van der Waals surface area contributed by atoms with Gasteiger partial charge in [-0.25, -0.2) is 4.79 Å². The van der Waals surface area contributed by atoms with E-state index < -0.39 is 5.54 Å². The Morgan fingerprint density at radius 3 is 2.84 bits per heavy atom. The van der Waals surface area contributed by atoms with E-state index in [1.165, 1.54) is 0 Å². The zero-order valence-electron chi connectivity index (χ0n) is 14.3. The third-order valence-electron chi connectivity index (χ3n) is 4.48. The number of amides is 2. The molecule has 3 N–H and O–H groups in total. The minimum absolute atomic E-state index is 0.0637. The second kappa shape index (κ2) is 7.72. The zero-order chi connectivity index (χ0) is 17.7. The number of furan rings is 1. The van der Waals surface area contributed by atoms with Crippen LogP contribution in [-0.4, -0.2) is 23.3 Å². The molecule has 134 valence electrons. The predicted molar refractivity (Wildman–Crippen MR) is 94.0 cm³/mol. The summed E-state index contributed by atoms with van der Waals surface area (Å²) in [6.45, 7) is 2.64. The van der Waals surface area contributed by atoms with E-state index in [-0.39, 0.29) is 12.6 Å². The number of anilines is 1. The van der Waals surface area contributed by atoms with Crippen LogP contribution in [0.1, 0.15) is 31.1 Å². The van der Waals surface area contributed by atoms with Crippen molar-refractivity contribution in [2.45, 2.75) is 38.5 Å². The number of aliphatic hydroxyl groups excluding tert-OH is 1. The molecule has 1 saturated carbocycles. The average molecular weight is 344 g/mol. The zero-order valence-corrected chi connectivity index (χ0v) is 14.3. The van der Waals surface area contributed by atoms with Gasteiger partial charge in [-0.3, -0.25) is 0 Å². The standard InChI is InChI=1S/C19H24N2O4/c1-19(13-22,15-7-8-15)21-18(23)20-16-5-2-4-14(10-16)11-24-12-17-6-3-9-25-17/h2-6,9-10,15,22H,7-8,11-13H2,1H3,(H2,20,21,23). The number of carbonyl (C=O) groups excluding carboxylic acids is 1. The van der Waals surface area contributed by atoms with Gasteiger partial charge in [0.1, 0.15) is 12.4 Å². The number of benzene rings is 1. The lowest BCUT2D eigenvalue weighted by molar-refractivity contribution is 0.0930. The molecule has 6 heteroatoms. The molecule has 1 aliphatic rings. The van der Waals surface area contributed by atoms with Crippen LogP contribution in [0.2, 0.25) is 0 Å². The Morgan fingerprint density at radius 2 is 2.16 bits per heavy atom. The van der Waals surface area contributed by atoms with Crippen LogP contribution < -0.4 is 10.6 Å². The number of aliphatic hydroxyl groups is 1. The lowest BCUT2D eigenvalue weighted by Crippen LogP contribution is -2.52. The predicted octanol–water partition coefficient (Wildman–Crippen LogP) is 3.28. The van der Waals surface area contributed by atoms with E-state index in [1.807, 2.05) is 43.3 Å². The molecule has 1 atom stereocenters. The topological polar surface area (TPSA) is 83.7 Å². The Kier molecular flexibility index (Phi) is 5.40. The van der Waals surface area contributed by atoms with Gasteiger partial charge in [-0.2, -0.15) is 0 Å². The molecule has 0 aliphatic heterocycles. The van der Waals surface area contributed by atoms with Crippen molar-refractivity contribution in [1.29, 1.82) is 0 Å². The van der Waals surface area contributed by atoms with E-state index in [0.29, 0.717) is 24.8 Å². The van der Waals surface area contributed by atoms with Crippen LogP contribution in [0, 0.1) is 5.92 Å². The van der Waals surface area contributed by atoms with E-state index in [1.54, 1.807) is 6.26 Å². The fourth-order valence-corrected chi connectivity index (χ4v) is 2.82. The van der Waals surface area contributed by atoms with Crippen molar-refractivity contribution in [3.63, 3.8) is 0 Å². The van der Waals surface area contributed by atoms with Crippen molar-refractivity contribution < 1.29 is 19.1 Å². The number of hydrogen-bond donors (Lipinski definition) is 3. The number of carbonyl (C=O) groups is 1. The van der Waals surface area contributed by atoms with Crippen LogP contribution in [0.4, 0.5) is 10.5 Å². The molecule has 0 saturated heterocycles. The van der Waals surface area contributed by atoms with Gasteiger partial charge in [-0.1, -0.05) is 12.1 Å². The molecule has 1 fully saturated rings. The van der Waals surface area contributed by atoms with Gasteiger partial charge in [0.05, 0.1) is 25.0 Å². The van der Waals surface area contributed by atoms with E-state index in [2.05, 4.69) is 10.6 Å². The molecule has 1 heterocycles. The van der Waals surface area contributed by atoms with E-state index in [0.717, 1.165) is 24.2 Å². The van der Waals surface area contributed by atoms with Crippen LogP contribution >= 0.6 is 0 Å². The van der Waals surface area contributed by atoms with Crippen LogP contribution in [0.15, 0.2) is 47.1 Å². The molecular formula is C19H24N2O4. The quantitative estimate of drug-likeness (QED) is 0.686. The molecule has 0 bridgehead atoms. The van der Waals surface area contributed by atoms with E-state index >= 15 is 0 Å². The molecule has 2 amide bonds. The van der Waals surface area contributed by atoms with Gasteiger partial charge in [-0.15, -0.1) is 0 Å². The third-order valence-corrected chi connectivity index (χ3v) is 4.48. The Labute approximate surface area is 147 Å². The lowest BCUT2D eigenvalue weighted by Gasteiger charge is -2.28. The van der Waals surface area contributed by atoms with Crippen molar-refractivity contribution in [2.24, 2.45) is 5.92 Å². The smallest absolute Gasteiger partial charge is 0.319 e. The van der Waals surface area contributed by atoms with Gasteiger partial charge in [0.15, 0.2) is 0 Å². The number of urea groups is 1. The fraction of sp³-hybridized carbons (Fsp3) is 0.421. The normalized spacial score (nSPS) is 16.2. The molecule has 0 spiro atoms. The van der Waals surface area contributed by atoms with E-state index in [9.17, 15) is 9.90 Å². The largest absolute Gasteiger partial charge is 0.467 e. The Bertz CT molecular complexity index is 697. The van der Waals surface area contributed by atoms with Crippen molar-refractivity contribution in [1.82, 2.24) is 5.32 Å². The van der Waals surface area contributed by atoms with Crippen LogP contribution in [0.3, 0.4) is 0 Å². The maximum absolute atomic E-state index is 12.2. The summed E-state index contributed by atoms with van der Waals surface area (Å²) in [6.07, 6.45) is 3.70. The van der Waals surface area contributed by atoms with E-state index in [4.69, 9.17) is 9.15 Å². The first kappa shape index (κ1) is 17.5. The van der Waals surface area contributed by atoms with Gasteiger partial charge in [0.2, 0.25) is 0 Å². The molecule has 2 aromatic rings. The molecular weight excluding hydrogens is 320 g/mol. The first-order chi connectivity index (χ1) is 12.1. The lowest BCUT2D eigenvalue weighted by atomic mass is 9.97. The SMILES string of the molecule is CC(CO)(NC(=O)Nc1cccc(COCc2ccco2)c1)C1CC1. The number of hydrogen-bond acceptors (Lipinski definition) is 4. The minimum atomic E-state index is -0.562. The highest BCUT2D eigenvalue weighted by atomic mass is 16.5. The highest BCUT2D eigenvalue weighted by Crippen LogP contribution is 2.39. The second-order valence-corrected chi connectivity index (χ2v) is 6.70. The Balaban J connectivity index is 1.51. The number of nitrogens with one attached hydrogen (secondary N) is 2. The van der Waals surface area contributed by atoms with Gasteiger partial charge >= 0.3 is 6.03 Å². The summed E-state index contributed by atoms with van der Waals surface area (Å²) in [4.78, 5) is 12.2. The summed E-state index contributed by atoms with van der Waals surface area (Å²) >= 11 is 0. The molecule has 3 rings (SSSR count). The monoisotopic (exact) mass is 344 g/mol. The minimum Gasteiger partial charge on any atom is -0.467 e. The summed E-state index contributed by atoms with van der Waals surface area (Å²) in [5, 5.41) is 15.3. The van der Waals surface area contributed by atoms with Gasteiger partial charge in [0, 0.05) is 5.69 Å². The van der Waals surface area contributed by atoms with Gasteiger partial charge in [-0.05, 0) is 55.5 Å². The molecule has 0 radical (unpaired) electrons. The molecule has 1 unspecified atom stereocenters. The summed E-state index contributed by atoms with van der Waals surface area (Å²) in [7, 11) is 0. The maximum Gasteiger partial charge on any atom is 0.319 e. The molecule has 1 aromatic heterocycles. The van der Waals surface area contributed by atoms with Gasteiger partial charge in [0.25, 0.3) is 0 Å². The Hall–Kier alpha value is -2.31. The molecule has 1 aromatic carbocycles. The van der Waals surface area contributed by atoms with Crippen molar-refractivity contribution in [2.75, 3.05) is 11.9 Å². The van der Waals surface area contributed by atoms with Crippen molar-refractivity contribution in [3.8, 4) is 0 Å². The van der Waals surface area contributed by atoms with Crippen LogP contribution in [-0.2, 0) is 18.0 Å². The van der Waals surface area contributed by atoms with Gasteiger partial charge < -0.3 is 24.9 Å². The molecule has 1 aliphatic carbocycles. The highest BCUT2D eigenvalue weighted by Gasteiger charge is 2.42. The highest BCUT2D eigenvalue weighted by molar-refractivity contribution is 5.89. The summed E-state index contributed by atoms with van der Waals surface area (Å²) in [6, 6.07) is 10.9. The van der Waals surface area contributed by atoms with Crippen LogP contribution in [0.5, 0.6) is 0 Å². The first-order valence-corrected chi connectivity index (χ1v) is 8.48. The fourth-order valence-electron chi connectivity index (χ4n) is 2.82. The molecule has 25 heavy (non-hydrogen) atoms.